The molecule has 1 saturated heterocycles. The van der Waals surface area contributed by atoms with Crippen LogP contribution in [0.25, 0.3) is 0 Å². The molecular weight excluding hydrogens is 385 g/mol. The largest absolute Gasteiger partial charge is 0.378 e. The Hall–Kier alpha value is -0.340. The molecule has 20 heavy (non-hydrogen) atoms. The van der Waals surface area contributed by atoms with Crippen molar-refractivity contribution in [1.29, 1.82) is 0 Å². The molecule has 1 atom stereocenters. The first kappa shape index (κ1) is 17.7. The summed E-state index contributed by atoms with van der Waals surface area (Å²) >= 11 is 1.74. The molecule has 6 heteroatoms. The molecule has 0 amide bonds. The number of rotatable bonds is 6. The molecule has 2 rings (SSSR count). The fourth-order valence-corrected chi connectivity index (χ4v) is 2.75. The third-order valence-corrected chi connectivity index (χ3v) is 3.96. The molecule has 0 radical (unpaired) electrons. The number of halogens is 1. The molecule has 1 aromatic rings. The van der Waals surface area contributed by atoms with Crippen molar-refractivity contribution in [3.63, 3.8) is 0 Å². The van der Waals surface area contributed by atoms with Crippen LogP contribution in [0, 0.1) is 0 Å². The number of hydrogen-bond acceptors (Lipinski definition) is 3. The fourth-order valence-electron chi connectivity index (χ4n) is 2.12. The molecule has 4 nitrogen and oxygen atoms in total. The standard InChI is InChI=1S/C14H23N3OS.HI/c1-2-15-14(17-11-13-6-4-10-19-13)16-8-7-12-5-3-9-18-12;/h4,6,10,12H,2-3,5,7-9,11H2,1H3,(H2,15,16,17);1H. The minimum Gasteiger partial charge on any atom is -0.378 e. The van der Waals surface area contributed by atoms with Crippen LogP contribution in [0.2, 0.25) is 0 Å². The van der Waals surface area contributed by atoms with Gasteiger partial charge in [0.15, 0.2) is 5.96 Å². The van der Waals surface area contributed by atoms with E-state index in [0.717, 1.165) is 38.6 Å². The van der Waals surface area contributed by atoms with E-state index >= 15 is 0 Å². The fraction of sp³-hybridized carbons (Fsp3) is 0.643. The third-order valence-electron chi connectivity index (χ3n) is 3.10. The summed E-state index contributed by atoms with van der Waals surface area (Å²) in [6.07, 6.45) is 3.90. The van der Waals surface area contributed by atoms with Crippen LogP contribution in [0.15, 0.2) is 22.5 Å². The van der Waals surface area contributed by atoms with Crippen molar-refractivity contribution in [1.82, 2.24) is 10.6 Å². The highest BCUT2D eigenvalue weighted by molar-refractivity contribution is 14.0. The average molecular weight is 409 g/mol. The summed E-state index contributed by atoms with van der Waals surface area (Å²) < 4.78 is 5.61. The van der Waals surface area contributed by atoms with Crippen molar-refractivity contribution >= 4 is 41.3 Å². The highest BCUT2D eigenvalue weighted by Gasteiger charge is 2.14. The van der Waals surface area contributed by atoms with Gasteiger partial charge in [0, 0.05) is 24.6 Å². The quantitative estimate of drug-likeness (QED) is 0.432. The number of thiophene rings is 1. The summed E-state index contributed by atoms with van der Waals surface area (Å²) in [5.41, 5.74) is 0. The van der Waals surface area contributed by atoms with Crippen molar-refractivity contribution in [3.8, 4) is 0 Å². The van der Waals surface area contributed by atoms with Crippen LogP contribution >= 0.6 is 35.3 Å². The zero-order valence-electron chi connectivity index (χ0n) is 11.9. The molecule has 1 fully saturated rings. The van der Waals surface area contributed by atoms with Crippen LogP contribution in [0.5, 0.6) is 0 Å². The van der Waals surface area contributed by atoms with Crippen molar-refractivity contribution in [2.45, 2.75) is 38.8 Å². The monoisotopic (exact) mass is 409 g/mol. The lowest BCUT2D eigenvalue weighted by molar-refractivity contribution is 0.105. The summed E-state index contributed by atoms with van der Waals surface area (Å²) in [6, 6.07) is 4.18. The molecule has 2 heterocycles. The minimum atomic E-state index is 0. The van der Waals surface area contributed by atoms with E-state index in [4.69, 9.17) is 4.74 Å². The predicted molar refractivity (Wildman–Crippen MR) is 96.1 cm³/mol. The number of aliphatic imine (C=N–C) groups is 1. The van der Waals surface area contributed by atoms with Gasteiger partial charge in [0.05, 0.1) is 12.6 Å². The average Bonchev–Trinajstić information content (AvgIpc) is 3.09. The van der Waals surface area contributed by atoms with Crippen LogP contribution in [-0.2, 0) is 11.3 Å². The predicted octanol–water partition coefficient (Wildman–Crippen LogP) is 2.99. The van der Waals surface area contributed by atoms with Gasteiger partial charge in [-0.2, -0.15) is 0 Å². The molecule has 0 bridgehead atoms. The third kappa shape index (κ3) is 6.41. The Bertz CT molecular complexity index is 378. The van der Waals surface area contributed by atoms with Crippen molar-refractivity contribution < 1.29 is 4.74 Å². The number of nitrogens with one attached hydrogen (secondary N) is 2. The number of guanidine groups is 1. The summed E-state index contributed by atoms with van der Waals surface area (Å²) in [5.74, 6) is 0.897. The van der Waals surface area contributed by atoms with E-state index in [1.54, 1.807) is 11.3 Å². The van der Waals surface area contributed by atoms with Gasteiger partial charge in [0.2, 0.25) is 0 Å². The Morgan fingerprint density at radius 3 is 3.05 bits per heavy atom. The second-order valence-electron chi connectivity index (χ2n) is 4.63. The lowest BCUT2D eigenvalue weighted by Crippen LogP contribution is -2.38. The Morgan fingerprint density at radius 2 is 2.40 bits per heavy atom. The summed E-state index contributed by atoms with van der Waals surface area (Å²) in [4.78, 5) is 5.87. The molecular formula is C14H24IN3OS. The minimum absolute atomic E-state index is 0. The molecule has 0 aliphatic carbocycles. The van der Waals surface area contributed by atoms with Crippen molar-refractivity contribution in [2.24, 2.45) is 4.99 Å². The molecule has 1 unspecified atom stereocenters. The molecule has 1 aliphatic heterocycles. The van der Waals surface area contributed by atoms with Gasteiger partial charge in [-0.1, -0.05) is 6.07 Å². The normalized spacial score (nSPS) is 18.6. The number of ether oxygens (including phenoxy) is 1. The highest BCUT2D eigenvalue weighted by Crippen LogP contribution is 2.14. The summed E-state index contributed by atoms with van der Waals surface area (Å²) in [7, 11) is 0. The van der Waals surface area contributed by atoms with E-state index in [9.17, 15) is 0 Å². The first-order valence-corrected chi connectivity index (χ1v) is 7.92. The second-order valence-corrected chi connectivity index (χ2v) is 5.66. The second kappa shape index (κ2) is 10.4. The maximum Gasteiger partial charge on any atom is 0.191 e. The smallest absolute Gasteiger partial charge is 0.191 e. The van der Waals surface area contributed by atoms with Gasteiger partial charge in [0.1, 0.15) is 0 Å². The highest BCUT2D eigenvalue weighted by atomic mass is 127. The van der Waals surface area contributed by atoms with Gasteiger partial charge in [0.25, 0.3) is 0 Å². The van der Waals surface area contributed by atoms with E-state index < -0.39 is 0 Å². The van der Waals surface area contributed by atoms with E-state index in [-0.39, 0.29) is 24.0 Å². The summed E-state index contributed by atoms with van der Waals surface area (Å²) in [6.45, 7) is 5.56. The Balaban J connectivity index is 0.00000200. The molecule has 1 aromatic heterocycles. The van der Waals surface area contributed by atoms with Crippen LogP contribution < -0.4 is 10.6 Å². The zero-order chi connectivity index (χ0) is 13.3. The van der Waals surface area contributed by atoms with E-state index in [2.05, 4.69) is 40.1 Å². The van der Waals surface area contributed by atoms with Gasteiger partial charge in [-0.25, -0.2) is 4.99 Å². The Kier molecular flexibility index (Phi) is 9.21. The maximum atomic E-state index is 5.61. The van der Waals surface area contributed by atoms with E-state index in [0.29, 0.717) is 6.10 Å². The summed E-state index contributed by atoms with van der Waals surface area (Å²) in [5, 5.41) is 8.73. The van der Waals surface area contributed by atoms with Gasteiger partial charge in [-0.3, -0.25) is 0 Å². The van der Waals surface area contributed by atoms with Gasteiger partial charge in [-0.15, -0.1) is 35.3 Å². The van der Waals surface area contributed by atoms with E-state index in [1.807, 2.05) is 0 Å². The van der Waals surface area contributed by atoms with Gasteiger partial charge in [-0.05, 0) is 37.6 Å². The number of nitrogens with zero attached hydrogens (tertiary/aromatic N) is 1. The van der Waals surface area contributed by atoms with E-state index in [1.165, 1.54) is 17.7 Å². The van der Waals surface area contributed by atoms with Crippen LogP contribution in [0.3, 0.4) is 0 Å². The van der Waals surface area contributed by atoms with Crippen LogP contribution in [-0.4, -0.2) is 31.8 Å². The first-order valence-electron chi connectivity index (χ1n) is 7.04. The Labute approximate surface area is 142 Å². The molecule has 0 saturated carbocycles. The van der Waals surface area contributed by atoms with Crippen molar-refractivity contribution in [3.05, 3.63) is 22.4 Å². The molecule has 2 N–H and O–H groups in total. The lowest BCUT2D eigenvalue weighted by atomic mass is 10.2. The van der Waals surface area contributed by atoms with Crippen LogP contribution in [0.4, 0.5) is 0 Å². The first-order chi connectivity index (χ1) is 9.38. The SMILES string of the molecule is CCNC(=NCc1cccs1)NCCC1CCCO1.I. The molecule has 114 valence electrons. The molecule has 1 aliphatic rings. The molecule has 0 spiro atoms. The Morgan fingerprint density at radius 1 is 1.50 bits per heavy atom. The van der Waals surface area contributed by atoms with Gasteiger partial charge < -0.3 is 15.4 Å². The maximum absolute atomic E-state index is 5.61. The van der Waals surface area contributed by atoms with Gasteiger partial charge >= 0.3 is 0 Å². The lowest BCUT2D eigenvalue weighted by Gasteiger charge is -2.13. The molecule has 0 aromatic carbocycles. The topological polar surface area (TPSA) is 45.7 Å². The number of hydrogen-bond donors (Lipinski definition) is 2. The van der Waals surface area contributed by atoms with Crippen LogP contribution in [0.1, 0.15) is 31.1 Å². The van der Waals surface area contributed by atoms with Crippen molar-refractivity contribution in [2.75, 3.05) is 19.7 Å². The zero-order valence-corrected chi connectivity index (χ0v) is 15.1.